The van der Waals surface area contributed by atoms with Crippen LogP contribution in [0.15, 0.2) is 35.0 Å². The number of thioether (sulfide) groups is 1. The average Bonchev–Trinajstić information content (AvgIpc) is 2.78. The van der Waals surface area contributed by atoms with Gasteiger partial charge in [-0.2, -0.15) is 0 Å². The number of rotatable bonds is 6. The number of hydrogen-bond donors (Lipinski definition) is 0. The topological polar surface area (TPSA) is 80.8 Å². The van der Waals surface area contributed by atoms with Crippen LogP contribution in [0.5, 0.6) is 0 Å². The van der Waals surface area contributed by atoms with Crippen molar-refractivity contribution in [3.8, 4) is 0 Å². The number of carbonyl (C=O) groups excluding carboxylic acids is 1. The Balaban J connectivity index is 0.00000288. The first-order valence-corrected chi connectivity index (χ1v) is 9.95. The molecule has 0 spiro atoms. The second-order valence-corrected chi connectivity index (χ2v) is 8.21. The van der Waals surface area contributed by atoms with Crippen LogP contribution in [-0.2, 0) is 14.9 Å². The predicted molar refractivity (Wildman–Crippen MR) is 93.4 cm³/mol. The molecule has 0 aromatic heterocycles. The Kier molecular flexibility index (Phi) is 8.67. The van der Waals surface area contributed by atoms with Crippen molar-refractivity contribution in [2.75, 3.05) is 18.8 Å². The summed E-state index contributed by atoms with van der Waals surface area (Å²) < 4.78 is 32.2. The Bertz CT molecular complexity index is 685. The van der Waals surface area contributed by atoms with Crippen LogP contribution in [0.1, 0.15) is 19.8 Å². The molecule has 126 valence electrons. The molecule has 0 N–H and O–H groups in total. The van der Waals surface area contributed by atoms with Crippen LogP contribution >= 0.6 is 24.0 Å². The molecule has 0 saturated carbocycles. The number of amides is 1. The number of nitrogens with zero attached hydrogens (tertiary/aromatic N) is 2. The molecule has 0 aromatic carbocycles. The number of likely N-dealkylation sites (N-methyl/N-ethyl adjacent to an activating group) is 1. The molecule has 2 aliphatic heterocycles. The largest absolute Gasteiger partial charge is 1.00 e. The molecular weight excluding hydrogens is 379 g/mol. The predicted octanol–water partition coefficient (Wildman–Crippen LogP) is -1.21. The van der Waals surface area contributed by atoms with E-state index in [1.54, 1.807) is 4.90 Å². The van der Waals surface area contributed by atoms with E-state index >= 15 is 0 Å². The minimum absolute atomic E-state index is 0. The summed E-state index contributed by atoms with van der Waals surface area (Å²) in [5.41, 5.74) is 0.816. The van der Waals surface area contributed by atoms with Gasteiger partial charge in [0.15, 0.2) is 0 Å². The van der Waals surface area contributed by atoms with Gasteiger partial charge in [-0.25, -0.2) is 8.42 Å². The molecule has 0 radical (unpaired) electrons. The standard InChI is InChI=1S/C14H18N2O4S3.Na/c1-2-16-13(17)12(22-14(16)21)11-5-8-15(9-6-11)7-3-4-10-23(18,19)20;/h5-6,8-9H,2-4,7,10H2,1H3,(H,18,19,20);/q;+1/p-1. The molecule has 2 aliphatic rings. The Morgan fingerprint density at radius 3 is 2.38 bits per heavy atom. The first-order chi connectivity index (χ1) is 10.8. The van der Waals surface area contributed by atoms with E-state index in [0.717, 1.165) is 5.57 Å². The van der Waals surface area contributed by atoms with Crippen molar-refractivity contribution in [1.29, 1.82) is 0 Å². The average molecular weight is 396 g/mol. The molecule has 0 bridgehead atoms. The molecule has 1 fully saturated rings. The van der Waals surface area contributed by atoms with Gasteiger partial charge in [-0.05, 0) is 37.5 Å². The number of carbonyl (C=O) groups is 1. The van der Waals surface area contributed by atoms with E-state index in [1.807, 2.05) is 36.4 Å². The number of allylic oxidation sites excluding steroid dienone is 3. The summed E-state index contributed by atoms with van der Waals surface area (Å²) in [5.74, 6) is -0.403. The quantitative estimate of drug-likeness (QED) is 0.183. The molecular formula is C14H17N2NaO4S3. The third kappa shape index (κ3) is 5.98. The van der Waals surface area contributed by atoms with Crippen molar-refractivity contribution in [2.24, 2.45) is 0 Å². The second kappa shape index (κ2) is 9.51. The maximum absolute atomic E-state index is 12.2. The van der Waals surface area contributed by atoms with Crippen molar-refractivity contribution in [3.05, 3.63) is 35.0 Å². The summed E-state index contributed by atoms with van der Waals surface area (Å²) in [7, 11) is -4.14. The molecule has 0 unspecified atom stereocenters. The van der Waals surface area contributed by atoms with Gasteiger partial charge in [0, 0.05) is 31.2 Å². The fourth-order valence-corrected chi connectivity index (χ4v) is 4.15. The fraction of sp³-hybridized carbons (Fsp3) is 0.429. The molecule has 2 rings (SSSR count). The fourth-order valence-electron chi connectivity index (χ4n) is 2.18. The molecule has 1 amide bonds. The first-order valence-electron chi connectivity index (χ1n) is 7.15. The Hall–Kier alpha value is -0.160. The van der Waals surface area contributed by atoms with Crippen LogP contribution in [0.25, 0.3) is 0 Å². The summed E-state index contributed by atoms with van der Waals surface area (Å²) >= 11 is 6.49. The van der Waals surface area contributed by atoms with Crippen molar-refractivity contribution in [2.45, 2.75) is 19.8 Å². The Morgan fingerprint density at radius 1 is 1.25 bits per heavy atom. The molecule has 1 saturated heterocycles. The molecule has 10 heteroatoms. The van der Waals surface area contributed by atoms with E-state index in [-0.39, 0.29) is 41.2 Å². The maximum Gasteiger partial charge on any atom is 1.00 e. The van der Waals surface area contributed by atoms with Gasteiger partial charge in [-0.15, -0.1) is 0 Å². The maximum atomic E-state index is 12.2. The van der Waals surface area contributed by atoms with Gasteiger partial charge < -0.3 is 9.45 Å². The van der Waals surface area contributed by atoms with Crippen LogP contribution in [0.4, 0.5) is 0 Å². The number of thiocarbonyl (C=S) groups is 1. The number of hydrogen-bond acceptors (Lipinski definition) is 7. The molecule has 2 heterocycles. The SMILES string of the molecule is CCN1C(=O)C(=C2C=CN(CCCCS(=O)(=O)[O-])C=C2)SC1=S.[Na+]. The Morgan fingerprint density at radius 2 is 1.88 bits per heavy atom. The van der Waals surface area contributed by atoms with Gasteiger partial charge in [0.1, 0.15) is 4.32 Å². The molecule has 6 nitrogen and oxygen atoms in total. The number of unbranched alkanes of at least 4 members (excludes halogenated alkanes) is 1. The zero-order valence-electron chi connectivity index (χ0n) is 13.6. The molecule has 0 aromatic rings. The van der Waals surface area contributed by atoms with Gasteiger partial charge in [0.2, 0.25) is 0 Å². The molecule has 24 heavy (non-hydrogen) atoms. The summed E-state index contributed by atoms with van der Waals surface area (Å²) in [6.07, 6.45) is 8.28. The van der Waals surface area contributed by atoms with Crippen LogP contribution in [0, 0.1) is 0 Å². The summed E-state index contributed by atoms with van der Waals surface area (Å²) in [6.45, 7) is 3.06. The smallest absolute Gasteiger partial charge is 0.748 e. The van der Waals surface area contributed by atoms with Gasteiger partial charge >= 0.3 is 29.6 Å². The van der Waals surface area contributed by atoms with Crippen molar-refractivity contribution >= 4 is 44.3 Å². The summed E-state index contributed by atoms with van der Waals surface area (Å²) in [6, 6.07) is 0. The van der Waals surface area contributed by atoms with Crippen LogP contribution < -0.4 is 29.6 Å². The third-order valence-electron chi connectivity index (χ3n) is 3.38. The third-order valence-corrected chi connectivity index (χ3v) is 5.65. The monoisotopic (exact) mass is 396 g/mol. The normalized spacial score (nSPS) is 17.8. The van der Waals surface area contributed by atoms with Crippen LogP contribution in [-0.4, -0.2) is 51.8 Å². The van der Waals surface area contributed by atoms with E-state index < -0.39 is 10.1 Å². The van der Waals surface area contributed by atoms with E-state index in [2.05, 4.69) is 0 Å². The zero-order valence-corrected chi connectivity index (χ0v) is 18.0. The van der Waals surface area contributed by atoms with Gasteiger partial charge in [0.05, 0.1) is 15.0 Å². The second-order valence-electron chi connectivity index (χ2n) is 5.04. The van der Waals surface area contributed by atoms with Crippen LogP contribution in [0.2, 0.25) is 0 Å². The van der Waals surface area contributed by atoms with E-state index in [1.165, 1.54) is 11.8 Å². The van der Waals surface area contributed by atoms with Gasteiger partial charge in [-0.3, -0.25) is 9.69 Å². The molecule has 0 aliphatic carbocycles. The Labute approximate surface area is 174 Å². The van der Waals surface area contributed by atoms with Crippen molar-refractivity contribution in [3.63, 3.8) is 0 Å². The van der Waals surface area contributed by atoms with Gasteiger partial charge in [-0.1, -0.05) is 24.0 Å². The van der Waals surface area contributed by atoms with Crippen molar-refractivity contribution in [1.82, 2.24) is 9.80 Å². The van der Waals surface area contributed by atoms with E-state index in [4.69, 9.17) is 12.2 Å². The first kappa shape index (κ1) is 21.9. The zero-order chi connectivity index (χ0) is 17.0. The summed E-state index contributed by atoms with van der Waals surface area (Å²) in [5, 5.41) is 0. The molecule has 0 atom stereocenters. The van der Waals surface area contributed by atoms with Crippen LogP contribution in [0.3, 0.4) is 0 Å². The van der Waals surface area contributed by atoms with E-state index in [0.29, 0.717) is 35.2 Å². The van der Waals surface area contributed by atoms with Crippen molar-refractivity contribution < 1.29 is 47.3 Å². The van der Waals surface area contributed by atoms with E-state index in [9.17, 15) is 17.8 Å². The minimum atomic E-state index is -4.14. The minimum Gasteiger partial charge on any atom is -0.748 e. The summed E-state index contributed by atoms with van der Waals surface area (Å²) in [4.78, 5) is 16.3. The van der Waals surface area contributed by atoms with Gasteiger partial charge in [0.25, 0.3) is 5.91 Å².